The van der Waals surface area contributed by atoms with Gasteiger partial charge in [-0.1, -0.05) is 6.07 Å². The molecule has 1 atom stereocenters. The molecular weight excluding hydrogens is 482 g/mol. The van der Waals surface area contributed by atoms with Crippen molar-refractivity contribution in [2.75, 3.05) is 11.4 Å². The summed E-state index contributed by atoms with van der Waals surface area (Å²) in [5.74, 6) is 0.323. The third kappa shape index (κ3) is 3.66. The summed E-state index contributed by atoms with van der Waals surface area (Å²) in [6.07, 6.45) is 3.34. The second kappa shape index (κ2) is 7.11. The van der Waals surface area contributed by atoms with Gasteiger partial charge < -0.3 is 4.90 Å². The molecule has 0 spiro atoms. The van der Waals surface area contributed by atoms with Crippen LogP contribution < -0.4 is 9.62 Å². The fraction of sp³-hybridized carbons (Fsp3) is 0.381. The molecule has 1 aromatic carbocycles. The van der Waals surface area contributed by atoms with Crippen LogP contribution in [0.4, 0.5) is 5.69 Å². The van der Waals surface area contributed by atoms with E-state index in [2.05, 4.69) is 30.6 Å². The van der Waals surface area contributed by atoms with Crippen LogP contribution in [0.15, 0.2) is 51.0 Å². The maximum absolute atomic E-state index is 13.5. The molecule has 0 unspecified atom stereocenters. The van der Waals surface area contributed by atoms with Crippen molar-refractivity contribution in [2.45, 2.75) is 49.7 Å². The number of anilines is 1. The lowest BCUT2D eigenvalue weighted by Gasteiger charge is -2.38. The van der Waals surface area contributed by atoms with Crippen LogP contribution in [-0.4, -0.2) is 48.3 Å². The van der Waals surface area contributed by atoms with E-state index < -0.39 is 10.0 Å². The zero-order chi connectivity index (χ0) is 22.0. The van der Waals surface area contributed by atoms with Crippen molar-refractivity contribution in [3.63, 3.8) is 0 Å². The lowest BCUT2D eigenvalue weighted by atomic mass is 10.1. The number of rotatable bonds is 5. The third-order valence-electron chi connectivity index (χ3n) is 5.92. The van der Waals surface area contributed by atoms with E-state index in [0.29, 0.717) is 34.9 Å². The Morgan fingerprint density at radius 2 is 2.03 bits per heavy atom. The first-order chi connectivity index (χ1) is 14.7. The maximum atomic E-state index is 13.5. The molecule has 0 bridgehead atoms. The van der Waals surface area contributed by atoms with E-state index >= 15 is 0 Å². The first kappa shape index (κ1) is 20.6. The van der Waals surface area contributed by atoms with Crippen molar-refractivity contribution in [1.29, 1.82) is 0 Å². The largest absolute Gasteiger partial charge is 0.307 e. The second-order valence-electron chi connectivity index (χ2n) is 8.59. The SMILES string of the molecule is C[C@@H]1CN=C2N(Cc3ccc(Br)nc3)C(=O)c3cc(S(=O)(=O)NC4(C)CC4)ccc3N21. The van der Waals surface area contributed by atoms with Crippen LogP contribution >= 0.6 is 15.9 Å². The number of aromatic nitrogens is 1. The molecule has 1 aromatic heterocycles. The van der Waals surface area contributed by atoms with Crippen LogP contribution in [0.2, 0.25) is 0 Å². The van der Waals surface area contributed by atoms with Crippen LogP contribution in [-0.2, 0) is 16.6 Å². The van der Waals surface area contributed by atoms with Gasteiger partial charge in [-0.3, -0.25) is 14.7 Å². The summed E-state index contributed by atoms with van der Waals surface area (Å²) in [4.78, 5) is 26.0. The molecule has 1 fully saturated rings. The van der Waals surface area contributed by atoms with E-state index in [0.717, 1.165) is 18.4 Å². The Morgan fingerprint density at radius 3 is 2.71 bits per heavy atom. The van der Waals surface area contributed by atoms with Crippen LogP contribution in [0.5, 0.6) is 0 Å². The summed E-state index contributed by atoms with van der Waals surface area (Å²) in [7, 11) is -3.71. The highest BCUT2D eigenvalue weighted by molar-refractivity contribution is 9.10. The summed E-state index contributed by atoms with van der Waals surface area (Å²) in [5, 5.41) is 0. The van der Waals surface area contributed by atoms with Crippen molar-refractivity contribution in [3.8, 4) is 0 Å². The summed E-state index contributed by atoms with van der Waals surface area (Å²) >= 11 is 3.32. The predicted molar refractivity (Wildman–Crippen MR) is 120 cm³/mol. The number of hydrogen-bond acceptors (Lipinski definition) is 6. The molecule has 3 aliphatic rings. The lowest BCUT2D eigenvalue weighted by Crippen LogP contribution is -2.52. The first-order valence-electron chi connectivity index (χ1n) is 10.1. The van der Waals surface area contributed by atoms with Gasteiger partial charge in [-0.15, -0.1) is 0 Å². The molecular formula is C21H22BrN5O3S. The van der Waals surface area contributed by atoms with Gasteiger partial charge in [0.25, 0.3) is 5.91 Å². The van der Waals surface area contributed by atoms with E-state index in [1.54, 1.807) is 23.2 Å². The number of nitrogens with zero attached hydrogens (tertiary/aromatic N) is 4. The fourth-order valence-corrected chi connectivity index (χ4v) is 5.65. The number of sulfonamides is 1. The number of nitrogens with one attached hydrogen (secondary N) is 1. The first-order valence-corrected chi connectivity index (χ1v) is 12.4. The molecule has 1 amide bonds. The Labute approximate surface area is 189 Å². The molecule has 0 radical (unpaired) electrons. The number of carbonyl (C=O) groups is 1. The topological polar surface area (TPSA) is 95.0 Å². The van der Waals surface area contributed by atoms with Crippen LogP contribution in [0.3, 0.4) is 0 Å². The predicted octanol–water partition coefficient (Wildman–Crippen LogP) is 2.90. The van der Waals surface area contributed by atoms with E-state index in [1.807, 2.05) is 30.9 Å². The van der Waals surface area contributed by atoms with Crippen molar-refractivity contribution in [3.05, 3.63) is 52.3 Å². The summed E-state index contributed by atoms with van der Waals surface area (Å²) in [5.41, 5.74) is 1.52. The minimum atomic E-state index is -3.71. The van der Waals surface area contributed by atoms with Gasteiger partial charge in [-0.05, 0) is 72.4 Å². The maximum Gasteiger partial charge on any atom is 0.263 e. The Hall–Kier alpha value is -2.30. The van der Waals surface area contributed by atoms with Gasteiger partial charge in [0.1, 0.15) is 4.60 Å². The van der Waals surface area contributed by atoms with Gasteiger partial charge in [0, 0.05) is 11.7 Å². The average molecular weight is 504 g/mol. The number of halogens is 1. The number of benzene rings is 1. The summed E-state index contributed by atoms with van der Waals surface area (Å²) < 4.78 is 29.2. The van der Waals surface area contributed by atoms with Gasteiger partial charge >= 0.3 is 0 Å². The minimum absolute atomic E-state index is 0.0679. The quantitative estimate of drug-likeness (QED) is 0.632. The zero-order valence-corrected chi connectivity index (χ0v) is 19.6. The van der Waals surface area contributed by atoms with Crippen molar-refractivity contribution >= 4 is 43.5 Å². The monoisotopic (exact) mass is 503 g/mol. The van der Waals surface area contributed by atoms with E-state index in [-0.39, 0.29) is 22.4 Å². The Kier molecular flexibility index (Phi) is 4.72. The van der Waals surface area contributed by atoms with E-state index in [1.165, 1.54) is 6.07 Å². The zero-order valence-electron chi connectivity index (χ0n) is 17.2. The van der Waals surface area contributed by atoms with Gasteiger partial charge in [-0.2, -0.15) is 0 Å². The van der Waals surface area contributed by atoms with Crippen molar-refractivity contribution in [2.24, 2.45) is 4.99 Å². The molecule has 5 rings (SSSR count). The molecule has 0 saturated heterocycles. The lowest BCUT2D eigenvalue weighted by molar-refractivity contribution is 0.0832. The van der Waals surface area contributed by atoms with E-state index in [9.17, 15) is 13.2 Å². The Balaban J connectivity index is 1.54. The molecule has 3 heterocycles. The van der Waals surface area contributed by atoms with Crippen molar-refractivity contribution in [1.82, 2.24) is 14.6 Å². The highest BCUT2D eigenvalue weighted by Gasteiger charge is 2.43. The molecule has 2 aliphatic heterocycles. The van der Waals surface area contributed by atoms with Crippen LogP contribution in [0.1, 0.15) is 42.6 Å². The molecule has 31 heavy (non-hydrogen) atoms. The van der Waals surface area contributed by atoms with Gasteiger partial charge in [-0.25, -0.2) is 18.1 Å². The van der Waals surface area contributed by atoms with E-state index in [4.69, 9.17) is 0 Å². The van der Waals surface area contributed by atoms with Gasteiger partial charge in [0.15, 0.2) is 0 Å². The number of amides is 1. The normalized spacial score (nSPS) is 21.6. The average Bonchev–Trinajstić information content (AvgIpc) is 3.31. The molecule has 8 nitrogen and oxygen atoms in total. The molecule has 2 aromatic rings. The number of guanidine groups is 1. The highest BCUT2D eigenvalue weighted by atomic mass is 79.9. The number of carbonyl (C=O) groups excluding carboxylic acids is 1. The standard InChI is InChI=1S/C21H22BrN5O3S/c1-13-10-24-20-26(12-14-3-6-18(22)23-11-14)19(28)16-9-15(4-5-17(16)27(13)20)31(29,30)25-21(2)7-8-21/h3-6,9,11,13,25H,7-8,10,12H2,1-2H3/t13-/m1/s1. The molecule has 1 N–H and O–H groups in total. The number of pyridine rings is 1. The Morgan fingerprint density at radius 1 is 1.26 bits per heavy atom. The highest BCUT2D eigenvalue weighted by Crippen LogP contribution is 2.38. The molecule has 1 aliphatic carbocycles. The van der Waals surface area contributed by atoms with Crippen molar-refractivity contribution < 1.29 is 13.2 Å². The van der Waals surface area contributed by atoms with Crippen LogP contribution in [0, 0.1) is 0 Å². The second-order valence-corrected chi connectivity index (χ2v) is 11.1. The smallest absolute Gasteiger partial charge is 0.263 e. The Bertz CT molecular complexity index is 1210. The van der Waals surface area contributed by atoms with Crippen LogP contribution in [0.25, 0.3) is 0 Å². The number of fused-ring (bicyclic) bond motifs is 3. The summed E-state index contributed by atoms with van der Waals surface area (Å²) in [6.45, 7) is 4.79. The van der Waals surface area contributed by atoms with Gasteiger partial charge in [0.2, 0.25) is 16.0 Å². The summed E-state index contributed by atoms with van der Waals surface area (Å²) in [6, 6.07) is 8.55. The molecule has 1 saturated carbocycles. The number of aliphatic imine (C=N–C) groups is 1. The minimum Gasteiger partial charge on any atom is -0.307 e. The number of hydrogen-bond donors (Lipinski definition) is 1. The molecule has 10 heteroatoms. The third-order valence-corrected chi connectivity index (χ3v) is 8.02. The fourth-order valence-electron chi connectivity index (χ4n) is 3.93. The molecule has 162 valence electrons. The van der Waals surface area contributed by atoms with Gasteiger partial charge in [0.05, 0.1) is 35.3 Å².